The minimum Gasteiger partial charge on any atom is -0.480 e. The van der Waals surface area contributed by atoms with Gasteiger partial charge in [-0.1, -0.05) is 60.7 Å². The van der Waals surface area contributed by atoms with E-state index in [-0.39, 0.29) is 18.9 Å². The Bertz CT molecular complexity index is 872. The van der Waals surface area contributed by atoms with Crippen LogP contribution >= 0.6 is 0 Å². The number of carboxylic acid groups (broad SMARTS) is 1. The summed E-state index contributed by atoms with van der Waals surface area (Å²) in [7, 11) is 1.52. The van der Waals surface area contributed by atoms with Crippen LogP contribution in [0.4, 0.5) is 4.79 Å². The first-order chi connectivity index (χ1) is 14.5. The van der Waals surface area contributed by atoms with Gasteiger partial charge in [-0.25, -0.2) is 9.59 Å². The molecule has 2 atom stereocenters. The monoisotopic (exact) mass is 410 g/mol. The highest BCUT2D eigenvalue weighted by Crippen LogP contribution is 2.22. The molecule has 7 heteroatoms. The first-order valence-electron chi connectivity index (χ1n) is 9.98. The average Bonchev–Trinajstić information content (AvgIpc) is 3.27. The Hall–Kier alpha value is -3.35. The molecule has 1 saturated heterocycles. The van der Waals surface area contributed by atoms with Gasteiger partial charge in [-0.2, -0.15) is 0 Å². The van der Waals surface area contributed by atoms with Crippen LogP contribution in [0.2, 0.25) is 0 Å². The van der Waals surface area contributed by atoms with Crippen LogP contribution in [0.5, 0.6) is 0 Å². The van der Waals surface area contributed by atoms with Crippen molar-refractivity contribution in [2.45, 2.75) is 38.0 Å². The molecular formula is C23H26N2O5. The van der Waals surface area contributed by atoms with E-state index in [4.69, 9.17) is 4.74 Å². The Morgan fingerprint density at radius 2 is 1.67 bits per heavy atom. The van der Waals surface area contributed by atoms with Crippen LogP contribution in [0.3, 0.4) is 0 Å². The van der Waals surface area contributed by atoms with Gasteiger partial charge in [0.2, 0.25) is 5.91 Å². The normalized spacial score (nSPS) is 16.7. The highest BCUT2D eigenvalue weighted by atomic mass is 16.6. The first kappa shape index (κ1) is 21.4. The number of nitrogens with zero attached hydrogens (tertiary/aromatic N) is 2. The summed E-state index contributed by atoms with van der Waals surface area (Å²) < 4.78 is 5.40. The Labute approximate surface area is 175 Å². The van der Waals surface area contributed by atoms with E-state index in [0.29, 0.717) is 19.4 Å². The van der Waals surface area contributed by atoms with Crippen molar-refractivity contribution in [3.05, 3.63) is 71.8 Å². The number of rotatable bonds is 7. The standard InChI is InChI=1S/C23H26N2O5/c1-24(23(29)30-16-18-11-6-3-7-12-18)20(15-17-9-4-2-5-10-17)21(26)25-14-8-13-19(25)22(27)28/h2-7,9-12,19-20H,8,13-16H2,1H3,(H,27,28)/t19-,20+/m0/s1. The molecule has 0 aliphatic carbocycles. The molecule has 2 amide bonds. The number of carboxylic acids is 1. The fourth-order valence-corrected chi connectivity index (χ4v) is 3.65. The zero-order chi connectivity index (χ0) is 21.5. The second kappa shape index (κ2) is 9.91. The van der Waals surface area contributed by atoms with E-state index < -0.39 is 24.1 Å². The van der Waals surface area contributed by atoms with Crippen molar-refractivity contribution in [3.63, 3.8) is 0 Å². The van der Waals surface area contributed by atoms with E-state index in [1.165, 1.54) is 16.8 Å². The zero-order valence-corrected chi connectivity index (χ0v) is 16.9. The molecule has 1 aliphatic heterocycles. The summed E-state index contributed by atoms with van der Waals surface area (Å²) in [6.45, 7) is 0.464. The van der Waals surface area contributed by atoms with Crippen molar-refractivity contribution in [1.82, 2.24) is 9.80 Å². The molecule has 2 aromatic carbocycles. The third-order valence-electron chi connectivity index (χ3n) is 5.34. The number of carbonyl (C=O) groups is 3. The van der Waals surface area contributed by atoms with Crippen molar-refractivity contribution in [2.24, 2.45) is 0 Å². The Balaban J connectivity index is 1.76. The maximum atomic E-state index is 13.3. The number of carbonyl (C=O) groups excluding carboxylic acids is 2. The third-order valence-corrected chi connectivity index (χ3v) is 5.34. The summed E-state index contributed by atoms with van der Waals surface area (Å²) >= 11 is 0. The summed E-state index contributed by atoms with van der Waals surface area (Å²) in [6, 6.07) is 16.9. The van der Waals surface area contributed by atoms with Crippen molar-refractivity contribution in [1.29, 1.82) is 0 Å². The maximum Gasteiger partial charge on any atom is 0.410 e. The summed E-state index contributed by atoms with van der Waals surface area (Å²) in [5.41, 5.74) is 1.72. The third kappa shape index (κ3) is 5.17. The van der Waals surface area contributed by atoms with Gasteiger partial charge in [0, 0.05) is 20.0 Å². The summed E-state index contributed by atoms with van der Waals surface area (Å²) in [5.74, 6) is -1.39. The van der Waals surface area contributed by atoms with E-state index in [9.17, 15) is 19.5 Å². The van der Waals surface area contributed by atoms with Gasteiger partial charge in [0.15, 0.2) is 0 Å². The fraction of sp³-hybridized carbons (Fsp3) is 0.348. The Morgan fingerprint density at radius 1 is 1.07 bits per heavy atom. The van der Waals surface area contributed by atoms with E-state index >= 15 is 0 Å². The number of likely N-dealkylation sites (N-methyl/N-ethyl adjacent to an activating group) is 1. The number of likely N-dealkylation sites (tertiary alicyclic amines) is 1. The fourth-order valence-electron chi connectivity index (χ4n) is 3.65. The van der Waals surface area contributed by atoms with E-state index in [1.54, 1.807) is 0 Å². The zero-order valence-electron chi connectivity index (χ0n) is 16.9. The van der Waals surface area contributed by atoms with Gasteiger partial charge in [0.05, 0.1) is 0 Å². The lowest BCUT2D eigenvalue weighted by Crippen LogP contribution is -2.53. The van der Waals surface area contributed by atoms with Crippen LogP contribution in [0.25, 0.3) is 0 Å². The van der Waals surface area contributed by atoms with Gasteiger partial charge >= 0.3 is 12.1 Å². The number of amides is 2. The topological polar surface area (TPSA) is 87.2 Å². The highest BCUT2D eigenvalue weighted by Gasteiger charge is 2.39. The minimum absolute atomic E-state index is 0.0950. The molecule has 30 heavy (non-hydrogen) atoms. The van der Waals surface area contributed by atoms with Gasteiger partial charge in [0.25, 0.3) is 0 Å². The number of aliphatic carboxylic acids is 1. The molecule has 0 bridgehead atoms. The highest BCUT2D eigenvalue weighted by molar-refractivity contribution is 5.90. The largest absolute Gasteiger partial charge is 0.480 e. The molecule has 7 nitrogen and oxygen atoms in total. The van der Waals surface area contributed by atoms with Crippen molar-refractivity contribution in [2.75, 3.05) is 13.6 Å². The van der Waals surface area contributed by atoms with E-state index in [2.05, 4.69) is 0 Å². The average molecular weight is 410 g/mol. The molecule has 0 spiro atoms. The van der Waals surface area contributed by atoms with Crippen LogP contribution in [0.1, 0.15) is 24.0 Å². The van der Waals surface area contributed by atoms with E-state index in [0.717, 1.165) is 11.1 Å². The number of benzene rings is 2. The second-order valence-corrected chi connectivity index (χ2v) is 7.38. The summed E-state index contributed by atoms with van der Waals surface area (Å²) in [5, 5.41) is 9.46. The molecule has 2 aromatic rings. The lowest BCUT2D eigenvalue weighted by atomic mass is 10.0. The molecule has 0 saturated carbocycles. The van der Waals surface area contributed by atoms with Gasteiger partial charge in [0.1, 0.15) is 18.7 Å². The van der Waals surface area contributed by atoms with Gasteiger partial charge in [-0.05, 0) is 24.0 Å². The Kier molecular flexibility index (Phi) is 7.06. The Morgan fingerprint density at radius 3 is 2.27 bits per heavy atom. The number of hydrogen-bond donors (Lipinski definition) is 1. The SMILES string of the molecule is CN(C(=O)OCc1ccccc1)[C@H](Cc1ccccc1)C(=O)N1CCC[C@H]1C(=O)O. The van der Waals surface area contributed by atoms with Gasteiger partial charge < -0.3 is 14.7 Å². The number of hydrogen-bond acceptors (Lipinski definition) is 4. The summed E-state index contributed by atoms with van der Waals surface area (Å²) in [6.07, 6.45) is 0.697. The molecule has 1 heterocycles. The summed E-state index contributed by atoms with van der Waals surface area (Å²) in [4.78, 5) is 40.2. The minimum atomic E-state index is -1.02. The van der Waals surface area contributed by atoms with Crippen molar-refractivity contribution >= 4 is 18.0 Å². The molecule has 0 unspecified atom stereocenters. The molecule has 0 radical (unpaired) electrons. The van der Waals surface area contributed by atoms with Crippen molar-refractivity contribution < 1.29 is 24.2 Å². The molecular weight excluding hydrogens is 384 g/mol. The molecule has 1 fully saturated rings. The van der Waals surface area contributed by atoms with Crippen LogP contribution in [0, 0.1) is 0 Å². The quantitative estimate of drug-likeness (QED) is 0.758. The van der Waals surface area contributed by atoms with Gasteiger partial charge in [-0.15, -0.1) is 0 Å². The molecule has 1 N–H and O–H groups in total. The number of ether oxygens (including phenoxy) is 1. The molecule has 0 aromatic heterocycles. The van der Waals surface area contributed by atoms with Crippen LogP contribution in [0.15, 0.2) is 60.7 Å². The lowest BCUT2D eigenvalue weighted by molar-refractivity contribution is -0.150. The smallest absolute Gasteiger partial charge is 0.410 e. The van der Waals surface area contributed by atoms with Gasteiger partial charge in [-0.3, -0.25) is 9.69 Å². The predicted octanol–water partition coefficient (Wildman–Crippen LogP) is 2.94. The van der Waals surface area contributed by atoms with E-state index in [1.807, 2.05) is 60.7 Å². The van der Waals surface area contributed by atoms with Crippen molar-refractivity contribution in [3.8, 4) is 0 Å². The lowest BCUT2D eigenvalue weighted by Gasteiger charge is -2.32. The maximum absolute atomic E-state index is 13.3. The molecule has 158 valence electrons. The molecule has 3 rings (SSSR count). The molecule has 1 aliphatic rings. The van der Waals surface area contributed by atoms with Crippen LogP contribution < -0.4 is 0 Å². The second-order valence-electron chi connectivity index (χ2n) is 7.38. The first-order valence-corrected chi connectivity index (χ1v) is 9.98. The van der Waals surface area contributed by atoms with Crippen LogP contribution in [-0.4, -0.2) is 58.6 Å². The van der Waals surface area contributed by atoms with Crippen LogP contribution in [-0.2, 0) is 27.4 Å². The predicted molar refractivity (Wildman–Crippen MR) is 111 cm³/mol.